The van der Waals surface area contributed by atoms with Crippen LogP contribution in [0.5, 0.6) is 5.75 Å². The fourth-order valence-corrected chi connectivity index (χ4v) is 5.45. The number of benzene rings is 2. The van der Waals surface area contributed by atoms with Gasteiger partial charge in [0.2, 0.25) is 10.0 Å². The van der Waals surface area contributed by atoms with Crippen LogP contribution in [0.2, 0.25) is 0 Å². The highest BCUT2D eigenvalue weighted by Gasteiger charge is 2.39. The Kier molecular flexibility index (Phi) is 6.33. The van der Waals surface area contributed by atoms with Gasteiger partial charge in [0, 0.05) is 17.5 Å². The summed E-state index contributed by atoms with van der Waals surface area (Å²) in [4.78, 5) is 12.3. The van der Waals surface area contributed by atoms with E-state index in [1.54, 1.807) is 18.2 Å². The number of fused-ring (bicyclic) bond motifs is 1. The number of hydrogen-bond acceptors (Lipinski definition) is 5. The summed E-state index contributed by atoms with van der Waals surface area (Å²) in [7, 11) is -2.68. The molecule has 2 atom stereocenters. The molecule has 0 amide bonds. The molecule has 0 aromatic heterocycles. The third kappa shape index (κ3) is 4.27. The van der Waals surface area contributed by atoms with Gasteiger partial charge >= 0.3 is 5.97 Å². The first kappa shape index (κ1) is 22.1. The fraction of sp³-hybridized carbons (Fsp3) is 0.348. The SMILES string of the molecule is C=C(CN([C@@H](C)C(=O)OC)S(=O)(=O)c1ccccc1)CC1(C)COc2ccccc21. The molecule has 1 unspecified atom stereocenters. The van der Waals surface area contributed by atoms with Crippen molar-refractivity contribution in [3.8, 4) is 5.75 Å². The molecule has 0 bridgehead atoms. The zero-order valence-electron chi connectivity index (χ0n) is 17.5. The molecule has 0 saturated carbocycles. The Bertz CT molecular complexity index is 1030. The molecule has 0 N–H and O–H groups in total. The van der Waals surface area contributed by atoms with Gasteiger partial charge in [0.25, 0.3) is 0 Å². The molecule has 6 nitrogen and oxygen atoms in total. The average molecular weight is 430 g/mol. The second kappa shape index (κ2) is 8.62. The van der Waals surface area contributed by atoms with E-state index < -0.39 is 22.0 Å². The van der Waals surface area contributed by atoms with Crippen LogP contribution < -0.4 is 4.74 Å². The summed E-state index contributed by atoms with van der Waals surface area (Å²) in [6, 6.07) is 14.9. The first-order valence-corrected chi connectivity index (χ1v) is 11.2. The van der Waals surface area contributed by atoms with Crippen LogP contribution in [0.25, 0.3) is 0 Å². The molecule has 1 aliphatic heterocycles. The van der Waals surface area contributed by atoms with Gasteiger partial charge < -0.3 is 9.47 Å². The van der Waals surface area contributed by atoms with Gasteiger partial charge in [-0.25, -0.2) is 8.42 Å². The molecule has 3 rings (SSSR count). The Labute approximate surface area is 178 Å². The Hall–Kier alpha value is -2.64. The lowest BCUT2D eigenvalue weighted by atomic mass is 9.79. The van der Waals surface area contributed by atoms with Gasteiger partial charge in [-0.05, 0) is 31.5 Å². The maximum absolute atomic E-state index is 13.3. The van der Waals surface area contributed by atoms with Crippen molar-refractivity contribution < 1.29 is 22.7 Å². The number of methoxy groups -OCH3 is 1. The van der Waals surface area contributed by atoms with Crippen molar-refractivity contribution in [2.75, 3.05) is 20.3 Å². The molecule has 0 spiro atoms. The van der Waals surface area contributed by atoms with Crippen LogP contribution in [0.3, 0.4) is 0 Å². The second-order valence-electron chi connectivity index (χ2n) is 7.83. The van der Waals surface area contributed by atoms with Crippen molar-refractivity contribution in [2.24, 2.45) is 0 Å². The van der Waals surface area contributed by atoms with E-state index >= 15 is 0 Å². The molecule has 0 aliphatic carbocycles. The summed E-state index contributed by atoms with van der Waals surface area (Å²) in [5, 5.41) is 0. The van der Waals surface area contributed by atoms with E-state index in [-0.39, 0.29) is 16.9 Å². The number of hydrogen-bond donors (Lipinski definition) is 0. The first-order valence-electron chi connectivity index (χ1n) is 9.73. The summed E-state index contributed by atoms with van der Waals surface area (Å²) in [6.45, 7) is 8.23. The van der Waals surface area contributed by atoms with Crippen molar-refractivity contribution >= 4 is 16.0 Å². The van der Waals surface area contributed by atoms with E-state index in [0.717, 1.165) is 15.6 Å². The number of ether oxygens (including phenoxy) is 2. The van der Waals surface area contributed by atoms with Gasteiger partial charge in [-0.3, -0.25) is 4.79 Å². The first-order chi connectivity index (χ1) is 14.2. The van der Waals surface area contributed by atoms with Crippen LogP contribution in [0.15, 0.2) is 71.6 Å². The van der Waals surface area contributed by atoms with Crippen LogP contribution in [-0.4, -0.2) is 45.0 Å². The number of esters is 1. The summed E-state index contributed by atoms with van der Waals surface area (Å²) in [5.41, 5.74) is 1.45. The molecule has 1 heterocycles. The maximum atomic E-state index is 13.3. The van der Waals surface area contributed by atoms with E-state index in [1.807, 2.05) is 24.3 Å². The molecule has 30 heavy (non-hydrogen) atoms. The minimum Gasteiger partial charge on any atom is -0.492 e. The third-order valence-electron chi connectivity index (χ3n) is 5.43. The number of para-hydroxylation sites is 1. The minimum atomic E-state index is -3.92. The topological polar surface area (TPSA) is 72.9 Å². The van der Waals surface area contributed by atoms with Crippen molar-refractivity contribution in [3.63, 3.8) is 0 Å². The van der Waals surface area contributed by atoms with E-state index in [9.17, 15) is 13.2 Å². The Balaban J connectivity index is 1.87. The van der Waals surface area contributed by atoms with E-state index in [0.29, 0.717) is 18.6 Å². The lowest BCUT2D eigenvalue weighted by Crippen LogP contribution is -2.45. The largest absolute Gasteiger partial charge is 0.492 e. The van der Waals surface area contributed by atoms with Gasteiger partial charge in [0.15, 0.2) is 0 Å². The van der Waals surface area contributed by atoms with E-state index in [4.69, 9.17) is 9.47 Å². The van der Waals surface area contributed by atoms with Gasteiger partial charge in [-0.1, -0.05) is 55.5 Å². The normalized spacial score (nSPS) is 19.1. The zero-order valence-corrected chi connectivity index (χ0v) is 18.3. The van der Waals surface area contributed by atoms with Crippen LogP contribution in [0, 0.1) is 0 Å². The summed E-state index contributed by atoms with van der Waals surface area (Å²) in [6.07, 6.45) is 0.527. The van der Waals surface area contributed by atoms with Crippen molar-refractivity contribution in [3.05, 3.63) is 72.3 Å². The molecule has 0 saturated heterocycles. The number of rotatable bonds is 8. The molecular weight excluding hydrogens is 402 g/mol. The van der Waals surface area contributed by atoms with Crippen molar-refractivity contribution in [2.45, 2.75) is 36.6 Å². The Morgan fingerprint density at radius 3 is 2.50 bits per heavy atom. The van der Waals surface area contributed by atoms with Crippen molar-refractivity contribution in [1.29, 1.82) is 0 Å². The molecule has 2 aromatic rings. The van der Waals surface area contributed by atoms with Gasteiger partial charge in [-0.15, -0.1) is 0 Å². The number of sulfonamides is 1. The molecule has 160 valence electrons. The van der Waals surface area contributed by atoms with E-state index in [2.05, 4.69) is 13.5 Å². The number of nitrogens with zero attached hydrogens (tertiary/aromatic N) is 1. The minimum absolute atomic E-state index is 0.00521. The van der Waals surface area contributed by atoms with Gasteiger partial charge in [0.05, 0.1) is 18.6 Å². The summed E-state index contributed by atoms with van der Waals surface area (Å²) in [5.74, 6) is 0.215. The molecule has 0 fully saturated rings. The summed E-state index contributed by atoms with van der Waals surface area (Å²) < 4.78 is 38.4. The van der Waals surface area contributed by atoms with Crippen LogP contribution >= 0.6 is 0 Å². The third-order valence-corrected chi connectivity index (χ3v) is 7.36. The molecule has 0 radical (unpaired) electrons. The zero-order chi connectivity index (χ0) is 21.9. The standard InChI is InChI=1S/C23H27NO5S/c1-17(14-23(3)16-29-21-13-9-8-12-20(21)23)15-24(18(2)22(25)28-4)30(26,27)19-10-6-5-7-11-19/h5-13,18H,1,14-16H2,2-4H3/t18-,23?/m0/s1. The molecule has 7 heteroatoms. The van der Waals surface area contributed by atoms with Crippen molar-refractivity contribution in [1.82, 2.24) is 4.31 Å². The monoisotopic (exact) mass is 429 g/mol. The maximum Gasteiger partial charge on any atom is 0.323 e. The highest BCUT2D eigenvalue weighted by molar-refractivity contribution is 7.89. The summed E-state index contributed by atoms with van der Waals surface area (Å²) >= 11 is 0. The smallest absolute Gasteiger partial charge is 0.323 e. The highest BCUT2D eigenvalue weighted by Crippen LogP contribution is 2.42. The van der Waals surface area contributed by atoms with Crippen LogP contribution in [0.4, 0.5) is 0 Å². The van der Waals surface area contributed by atoms with Gasteiger partial charge in [-0.2, -0.15) is 4.31 Å². The quantitative estimate of drug-likeness (QED) is 0.474. The number of carbonyl (C=O) groups excluding carboxylic acids is 1. The molecule has 2 aromatic carbocycles. The van der Waals surface area contributed by atoms with Crippen LogP contribution in [0.1, 0.15) is 25.8 Å². The van der Waals surface area contributed by atoms with Gasteiger partial charge in [0.1, 0.15) is 11.8 Å². The second-order valence-corrected chi connectivity index (χ2v) is 9.73. The predicted octanol–water partition coefficient (Wildman–Crippen LogP) is 3.54. The highest BCUT2D eigenvalue weighted by atomic mass is 32.2. The predicted molar refractivity (Wildman–Crippen MR) is 115 cm³/mol. The molecule has 1 aliphatic rings. The van der Waals surface area contributed by atoms with E-state index in [1.165, 1.54) is 26.2 Å². The Morgan fingerprint density at radius 1 is 1.20 bits per heavy atom. The number of carbonyl (C=O) groups is 1. The lowest BCUT2D eigenvalue weighted by Gasteiger charge is -2.30. The lowest BCUT2D eigenvalue weighted by molar-refractivity contribution is -0.144. The average Bonchev–Trinajstić information content (AvgIpc) is 3.08. The van der Waals surface area contributed by atoms with Crippen LogP contribution in [-0.2, 0) is 25.0 Å². The molecular formula is C23H27NO5S. The Morgan fingerprint density at radius 2 is 1.83 bits per heavy atom. The fourth-order valence-electron chi connectivity index (χ4n) is 3.83.